The fraction of sp³-hybridized carbons (Fsp3) is 0.588. The largest absolute Gasteiger partial charge is 0.496 e. The summed E-state index contributed by atoms with van der Waals surface area (Å²) in [5.74, 6) is 2.04. The Balaban J connectivity index is 2.40. The summed E-state index contributed by atoms with van der Waals surface area (Å²) < 4.78 is 21.7. The number of rotatable bonds is 6. The second kappa shape index (κ2) is 7.55. The van der Waals surface area contributed by atoms with Crippen LogP contribution in [0, 0.1) is 0 Å². The van der Waals surface area contributed by atoms with Crippen molar-refractivity contribution in [1.29, 1.82) is 0 Å². The number of methoxy groups -OCH3 is 3. The summed E-state index contributed by atoms with van der Waals surface area (Å²) in [7, 11) is 6.92. The Morgan fingerprint density at radius 3 is 2.26 bits per heavy atom. The van der Waals surface area contributed by atoms with Gasteiger partial charge in [-0.1, -0.05) is 0 Å². The molecule has 6 nitrogen and oxygen atoms in total. The molecule has 1 aromatic carbocycles. The van der Waals surface area contributed by atoms with Crippen molar-refractivity contribution < 1.29 is 23.7 Å². The van der Waals surface area contributed by atoms with Crippen molar-refractivity contribution in [2.24, 2.45) is 0 Å². The van der Waals surface area contributed by atoms with Gasteiger partial charge in [-0.3, -0.25) is 9.69 Å². The van der Waals surface area contributed by atoms with E-state index >= 15 is 0 Å². The maximum absolute atomic E-state index is 11.2. The summed E-state index contributed by atoms with van der Waals surface area (Å²) in [5, 5.41) is 0. The zero-order chi connectivity index (χ0) is 17.0. The van der Waals surface area contributed by atoms with E-state index in [2.05, 4.69) is 4.90 Å². The first kappa shape index (κ1) is 17.4. The number of ether oxygens (including phenoxy) is 4. The van der Waals surface area contributed by atoms with E-state index in [4.69, 9.17) is 18.9 Å². The van der Waals surface area contributed by atoms with E-state index in [1.54, 1.807) is 21.3 Å². The molecule has 2 unspecified atom stereocenters. The number of esters is 1. The normalized spacial score (nSPS) is 21.1. The monoisotopic (exact) mass is 323 g/mol. The number of likely N-dealkylation sites (N-methyl/N-ethyl adjacent to an activating group) is 1. The molecule has 0 N–H and O–H groups in total. The van der Waals surface area contributed by atoms with E-state index in [1.165, 1.54) is 6.92 Å². The van der Waals surface area contributed by atoms with Crippen LogP contribution in [0.2, 0.25) is 0 Å². The topological polar surface area (TPSA) is 57.2 Å². The molecule has 1 aromatic rings. The molecule has 0 spiro atoms. The molecule has 2 rings (SSSR count). The number of nitrogens with zero attached hydrogens (tertiary/aromatic N) is 1. The van der Waals surface area contributed by atoms with Crippen LogP contribution in [0.15, 0.2) is 12.1 Å². The number of benzene rings is 1. The maximum Gasteiger partial charge on any atom is 0.302 e. The Hall–Kier alpha value is -1.95. The summed E-state index contributed by atoms with van der Waals surface area (Å²) in [4.78, 5) is 13.4. The van der Waals surface area contributed by atoms with Crippen LogP contribution in [0.3, 0.4) is 0 Å². The van der Waals surface area contributed by atoms with Gasteiger partial charge in [0, 0.05) is 30.5 Å². The molecule has 0 aliphatic carbocycles. The van der Waals surface area contributed by atoms with Crippen molar-refractivity contribution in [3.63, 3.8) is 0 Å². The maximum atomic E-state index is 11.2. The van der Waals surface area contributed by atoms with Crippen molar-refractivity contribution in [1.82, 2.24) is 4.90 Å². The number of carbonyl (C=O) groups is 1. The van der Waals surface area contributed by atoms with E-state index in [0.29, 0.717) is 12.4 Å². The lowest BCUT2D eigenvalue weighted by atomic mass is 9.90. The Kier molecular flexibility index (Phi) is 5.71. The molecule has 2 atom stereocenters. The summed E-state index contributed by atoms with van der Waals surface area (Å²) >= 11 is 0. The lowest BCUT2D eigenvalue weighted by Gasteiger charge is -2.27. The molecule has 1 heterocycles. The molecule has 1 fully saturated rings. The van der Waals surface area contributed by atoms with Gasteiger partial charge in [0.05, 0.1) is 27.4 Å². The molecular formula is C17H25NO5. The first-order chi connectivity index (χ1) is 11.0. The highest BCUT2D eigenvalue weighted by Gasteiger charge is 2.37. The molecule has 1 aliphatic heterocycles. The predicted octanol–water partition coefficient (Wildman–Crippen LogP) is 2.06. The van der Waals surface area contributed by atoms with Gasteiger partial charge in [-0.05, 0) is 20.0 Å². The lowest BCUT2D eigenvalue weighted by molar-refractivity contribution is -0.142. The van der Waals surface area contributed by atoms with Gasteiger partial charge in [0.2, 0.25) is 0 Å². The van der Waals surface area contributed by atoms with Crippen LogP contribution in [-0.4, -0.2) is 58.4 Å². The van der Waals surface area contributed by atoms with Crippen LogP contribution in [0.4, 0.5) is 0 Å². The first-order valence-corrected chi connectivity index (χ1v) is 7.65. The second-order valence-corrected chi connectivity index (χ2v) is 5.69. The third-order valence-corrected chi connectivity index (χ3v) is 4.40. The van der Waals surface area contributed by atoms with Crippen molar-refractivity contribution >= 4 is 5.97 Å². The Labute approximate surface area is 137 Å². The Bertz CT molecular complexity index is 535. The van der Waals surface area contributed by atoms with Gasteiger partial charge in [-0.2, -0.15) is 0 Å². The highest BCUT2D eigenvalue weighted by atomic mass is 16.5. The highest BCUT2D eigenvalue weighted by Crippen LogP contribution is 2.45. The van der Waals surface area contributed by atoms with Gasteiger partial charge in [0.25, 0.3) is 0 Å². The minimum Gasteiger partial charge on any atom is -0.496 e. The van der Waals surface area contributed by atoms with E-state index in [-0.39, 0.29) is 17.9 Å². The molecule has 6 heteroatoms. The second-order valence-electron chi connectivity index (χ2n) is 5.69. The average molecular weight is 323 g/mol. The number of hydrogen-bond donors (Lipinski definition) is 0. The van der Waals surface area contributed by atoms with E-state index < -0.39 is 0 Å². The van der Waals surface area contributed by atoms with Gasteiger partial charge < -0.3 is 18.9 Å². The number of likely N-dealkylation sites (tertiary alicyclic amines) is 1. The lowest BCUT2D eigenvalue weighted by Crippen LogP contribution is -2.34. The molecule has 0 saturated carbocycles. The molecule has 0 amide bonds. The minimum absolute atomic E-state index is 0.0927. The molecule has 0 aromatic heterocycles. The standard InChI is InChI=1S/C17H25NO5/c1-11(19)23-10-14-13(6-7-18(14)2)17-15(21-4)8-12(20-3)9-16(17)22-5/h8-9,13-14H,6-7,10H2,1-5H3. The van der Waals surface area contributed by atoms with Gasteiger partial charge in [-0.15, -0.1) is 0 Å². The van der Waals surface area contributed by atoms with Crippen molar-refractivity contribution in [3.8, 4) is 17.2 Å². The molecule has 0 radical (unpaired) electrons. The average Bonchev–Trinajstić information content (AvgIpc) is 2.91. The summed E-state index contributed by atoms with van der Waals surface area (Å²) in [6, 6.07) is 3.81. The number of carbonyl (C=O) groups excluding carboxylic acids is 1. The van der Waals surface area contributed by atoms with Gasteiger partial charge in [0.1, 0.15) is 23.9 Å². The molecule has 128 valence electrons. The Morgan fingerprint density at radius 1 is 1.17 bits per heavy atom. The molecule has 23 heavy (non-hydrogen) atoms. The molecular weight excluding hydrogens is 298 g/mol. The molecule has 0 bridgehead atoms. The summed E-state index contributed by atoms with van der Waals surface area (Å²) in [6.45, 7) is 2.71. The fourth-order valence-corrected chi connectivity index (χ4v) is 3.19. The number of hydrogen-bond acceptors (Lipinski definition) is 6. The smallest absolute Gasteiger partial charge is 0.302 e. The zero-order valence-electron chi connectivity index (χ0n) is 14.4. The SMILES string of the molecule is COc1cc(OC)c(C2CCN(C)C2COC(C)=O)c(OC)c1. The minimum atomic E-state index is -0.266. The molecule has 1 aliphatic rings. The van der Waals surface area contributed by atoms with E-state index in [0.717, 1.165) is 30.0 Å². The van der Waals surface area contributed by atoms with Gasteiger partial charge >= 0.3 is 5.97 Å². The van der Waals surface area contributed by atoms with Crippen molar-refractivity contribution in [2.45, 2.75) is 25.3 Å². The van der Waals surface area contributed by atoms with Gasteiger partial charge in [-0.25, -0.2) is 0 Å². The van der Waals surface area contributed by atoms with Crippen LogP contribution in [0.1, 0.15) is 24.8 Å². The van der Waals surface area contributed by atoms with Crippen LogP contribution < -0.4 is 14.2 Å². The fourth-order valence-electron chi connectivity index (χ4n) is 3.19. The summed E-state index contributed by atoms with van der Waals surface area (Å²) in [5.41, 5.74) is 0.998. The highest BCUT2D eigenvalue weighted by molar-refractivity contribution is 5.66. The van der Waals surface area contributed by atoms with Gasteiger partial charge in [0.15, 0.2) is 0 Å². The van der Waals surface area contributed by atoms with Crippen LogP contribution >= 0.6 is 0 Å². The quantitative estimate of drug-likeness (QED) is 0.747. The van der Waals surface area contributed by atoms with E-state index in [1.807, 2.05) is 19.2 Å². The van der Waals surface area contributed by atoms with E-state index in [9.17, 15) is 4.79 Å². The van der Waals surface area contributed by atoms with Crippen LogP contribution in [-0.2, 0) is 9.53 Å². The molecule has 1 saturated heterocycles. The third-order valence-electron chi connectivity index (χ3n) is 4.40. The van der Waals surface area contributed by atoms with Crippen LogP contribution in [0.25, 0.3) is 0 Å². The van der Waals surface area contributed by atoms with Crippen molar-refractivity contribution in [3.05, 3.63) is 17.7 Å². The van der Waals surface area contributed by atoms with Crippen molar-refractivity contribution in [2.75, 3.05) is 41.5 Å². The Morgan fingerprint density at radius 2 is 1.78 bits per heavy atom. The third kappa shape index (κ3) is 3.69. The first-order valence-electron chi connectivity index (χ1n) is 7.65. The zero-order valence-corrected chi connectivity index (χ0v) is 14.4. The summed E-state index contributed by atoms with van der Waals surface area (Å²) in [6.07, 6.45) is 0.946. The van der Waals surface area contributed by atoms with Crippen LogP contribution in [0.5, 0.6) is 17.2 Å². The predicted molar refractivity (Wildman–Crippen MR) is 86.5 cm³/mol.